The fourth-order valence-electron chi connectivity index (χ4n) is 2.39. The molecule has 0 spiro atoms. The molecule has 0 saturated carbocycles. The molecule has 138 valence electrons. The minimum Gasteiger partial charge on any atom is -0.324 e. The topological polar surface area (TPSA) is 54.9 Å². The molecule has 7 heteroatoms. The summed E-state index contributed by atoms with van der Waals surface area (Å²) in [5, 5.41) is 12.6. The second-order valence-corrected chi connectivity index (χ2v) is 7.53. The summed E-state index contributed by atoms with van der Waals surface area (Å²) in [5.74, 6) is 0.00686. The van der Waals surface area contributed by atoms with Gasteiger partial charge in [-0.15, -0.1) is 10.2 Å². The van der Waals surface area contributed by atoms with Crippen LogP contribution in [0.4, 0.5) is 5.69 Å². The van der Waals surface area contributed by atoms with Crippen LogP contribution < -0.4 is 5.32 Å². The first kappa shape index (κ1) is 19.7. The van der Waals surface area contributed by atoms with Crippen molar-refractivity contribution in [1.29, 1.82) is 0 Å². The van der Waals surface area contributed by atoms with Crippen LogP contribution in [0.1, 0.15) is 12.5 Å². The van der Waals surface area contributed by atoms with E-state index in [2.05, 4.69) is 34.6 Å². The molecule has 4 nitrogen and oxygen atoms in total. The SMILES string of the molecule is CCc1ccc(-c2ccc(SCC(=O)Nc3cccc(Cl)c3Cl)nn2)cc1. The van der Waals surface area contributed by atoms with E-state index in [0.717, 1.165) is 17.7 Å². The third kappa shape index (κ3) is 5.22. The summed E-state index contributed by atoms with van der Waals surface area (Å²) in [6, 6.07) is 17.1. The van der Waals surface area contributed by atoms with Gasteiger partial charge in [0.05, 0.1) is 27.2 Å². The van der Waals surface area contributed by atoms with E-state index in [4.69, 9.17) is 23.2 Å². The zero-order chi connectivity index (χ0) is 19.2. The molecule has 3 rings (SSSR count). The van der Waals surface area contributed by atoms with Crippen LogP contribution in [-0.2, 0) is 11.2 Å². The second kappa shape index (κ2) is 9.22. The van der Waals surface area contributed by atoms with Gasteiger partial charge in [0.1, 0.15) is 5.03 Å². The van der Waals surface area contributed by atoms with E-state index < -0.39 is 0 Å². The van der Waals surface area contributed by atoms with Crippen molar-refractivity contribution in [2.45, 2.75) is 18.4 Å². The van der Waals surface area contributed by atoms with E-state index in [1.54, 1.807) is 18.2 Å². The maximum atomic E-state index is 12.1. The monoisotopic (exact) mass is 417 g/mol. The minimum atomic E-state index is -0.190. The normalized spacial score (nSPS) is 10.6. The summed E-state index contributed by atoms with van der Waals surface area (Å²) in [6.45, 7) is 2.12. The van der Waals surface area contributed by atoms with Crippen molar-refractivity contribution in [2.75, 3.05) is 11.1 Å². The zero-order valence-corrected chi connectivity index (χ0v) is 16.9. The first-order chi connectivity index (χ1) is 13.1. The predicted octanol–water partition coefficient (Wildman–Crippen LogP) is 5.74. The number of thioether (sulfide) groups is 1. The highest BCUT2D eigenvalue weighted by atomic mass is 35.5. The lowest BCUT2D eigenvalue weighted by molar-refractivity contribution is -0.113. The number of aromatic nitrogens is 2. The van der Waals surface area contributed by atoms with Gasteiger partial charge in [-0.25, -0.2) is 0 Å². The number of anilines is 1. The summed E-state index contributed by atoms with van der Waals surface area (Å²) < 4.78 is 0. The molecule has 1 amide bonds. The van der Waals surface area contributed by atoms with Crippen LogP contribution in [0.2, 0.25) is 10.0 Å². The van der Waals surface area contributed by atoms with Gasteiger partial charge in [-0.2, -0.15) is 0 Å². The smallest absolute Gasteiger partial charge is 0.234 e. The third-order valence-electron chi connectivity index (χ3n) is 3.87. The van der Waals surface area contributed by atoms with Crippen LogP contribution in [0.3, 0.4) is 0 Å². The van der Waals surface area contributed by atoms with Gasteiger partial charge < -0.3 is 5.32 Å². The van der Waals surface area contributed by atoms with E-state index in [1.807, 2.05) is 24.3 Å². The Bertz CT molecular complexity index is 931. The van der Waals surface area contributed by atoms with Crippen LogP contribution in [0.25, 0.3) is 11.3 Å². The van der Waals surface area contributed by atoms with Crippen molar-refractivity contribution in [3.05, 3.63) is 70.2 Å². The zero-order valence-electron chi connectivity index (χ0n) is 14.6. The van der Waals surface area contributed by atoms with Gasteiger partial charge in [0.2, 0.25) is 5.91 Å². The minimum absolute atomic E-state index is 0.190. The maximum absolute atomic E-state index is 12.1. The molecule has 0 atom stereocenters. The Morgan fingerprint density at radius 3 is 2.48 bits per heavy atom. The molecule has 2 aromatic carbocycles. The summed E-state index contributed by atoms with van der Waals surface area (Å²) >= 11 is 13.3. The number of nitrogens with zero attached hydrogens (tertiary/aromatic N) is 2. The number of carbonyl (C=O) groups is 1. The molecular weight excluding hydrogens is 401 g/mol. The van der Waals surface area contributed by atoms with Crippen molar-refractivity contribution in [3.63, 3.8) is 0 Å². The van der Waals surface area contributed by atoms with Crippen molar-refractivity contribution in [3.8, 4) is 11.3 Å². The lowest BCUT2D eigenvalue weighted by atomic mass is 10.1. The molecule has 1 heterocycles. The third-order valence-corrected chi connectivity index (χ3v) is 5.61. The lowest BCUT2D eigenvalue weighted by Crippen LogP contribution is -2.14. The highest BCUT2D eigenvalue weighted by Gasteiger charge is 2.10. The average molecular weight is 418 g/mol. The molecule has 27 heavy (non-hydrogen) atoms. The number of rotatable bonds is 6. The fourth-order valence-corrected chi connectivity index (χ4v) is 3.35. The standard InChI is InChI=1S/C20H17Cl2N3OS/c1-2-13-6-8-14(9-7-13)16-10-11-19(25-24-16)27-12-18(26)23-17-5-3-4-15(21)20(17)22/h3-11H,2,12H2,1H3,(H,23,26). The van der Waals surface area contributed by atoms with Crippen LogP contribution in [-0.4, -0.2) is 21.9 Å². The summed E-state index contributed by atoms with van der Waals surface area (Å²) in [4.78, 5) is 12.1. The molecule has 1 N–H and O–H groups in total. The van der Waals surface area contributed by atoms with Gasteiger partial charge >= 0.3 is 0 Å². The lowest BCUT2D eigenvalue weighted by Gasteiger charge is -2.08. The predicted molar refractivity (Wildman–Crippen MR) is 113 cm³/mol. The maximum Gasteiger partial charge on any atom is 0.234 e. The van der Waals surface area contributed by atoms with Crippen LogP contribution >= 0.6 is 35.0 Å². The molecule has 0 aliphatic carbocycles. The highest BCUT2D eigenvalue weighted by molar-refractivity contribution is 7.99. The molecular formula is C20H17Cl2N3OS. The van der Waals surface area contributed by atoms with Gasteiger partial charge in [0.25, 0.3) is 0 Å². The van der Waals surface area contributed by atoms with Crippen molar-refractivity contribution < 1.29 is 4.79 Å². The van der Waals surface area contributed by atoms with Crippen LogP contribution in [0.5, 0.6) is 0 Å². The van der Waals surface area contributed by atoms with E-state index in [-0.39, 0.29) is 11.7 Å². The number of halogens is 2. The van der Waals surface area contributed by atoms with Gasteiger partial charge in [0.15, 0.2) is 0 Å². The Hall–Kier alpha value is -2.08. The van der Waals surface area contributed by atoms with Crippen molar-refractivity contribution >= 4 is 46.6 Å². The summed E-state index contributed by atoms with van der Waals surface area (Å²) in [7, 11) is 0. The van der Waals surface area contributed by atoms with Gasteiger partial charge in [-0.1, -0.05) is 72.2 Å². The van der Waals surface area contributed by atoms with Gasteiger partial charge in [-0.3, -0.25) is 4.79 Å². The second-order valence-electron chi connectivity index (χ2n) is 5.75. The molecule has 0 saturated heterocycles. The Kier molecular flexibility index (Phi) is 6.72. The van der Waals surface area contributed by atoms with E-state index in [1.165, 1.54) is 17.3 Å². The number of nitrogens with one attached hydrogen (secondary N) is 1. The Morgan fingerprint density at radius 2 is 1.81 bits per heavy atom. The number of aryl methyl sites for hydroxylation is 1. The quantitative estimate of drug-likeness (QED) is 0.519. The molecule has 0 fully saturated rings. The molecule has 3 aromatic rings. The Balaban J connectivity index is 1.58. The molecule has 0 unspecified atom stereocenters. The first-order valence-corrected chi connectivity index (χ1v) is 10.1. The fraction of sp³-hybridized carbons (Fsp3) is 0.150. The number of amides is 1. The van der Waals surface area contributed by atoms with E-state index in [9.17, 15) is 4.79 Å². The first-order valence-electron chi connectivity index (χ1n) is 8.36. The Morgan fingerprint density at radius 1 is 1.04 bits per heavy atom. The Labute approximate surface area is 172 Å². The number of benzene rings is 2. The largest absolute Gasteiger partial charge is 0.324 e. The molecule has 0 aliphatic heterocycles. The van der Waals surface area contributed by atoms with Crippen LogP contribution in [0.15, 0.2) is 59.6 Å². The highest BCUT2D eigenvalue weighted by Crippen LogP contribution is 2.29. The van der Waals surface area contributed by atoms with E-state index in [0.29, 0.717) is 20.8 Å². The number of hydrogen-bond donors (Lipinski definition) is 1. The van der Waals surface area contributed by atoms with Gasteiger partial charge in [0, 0.05) is 5.56 Å². The molecule has 0 bridgehead atoms. The van der Waals surface area contributed by atoms with Crippen molar-refractivity contribution in [1.82, 2.24) is 10.2 Å². The molecule has 0 radical (unpaired) electrons. The number of carbonyl (C=O) groups excluding carboxylic acids is 1. The summed E-state index contributed by atoms with van der Waals surface area (Å²) in [5.41, 5.74) is 3.60. The average Bonchev–Trinajstić information content (AvgIpc) is 2.70. The van der Waals surface area contributed by atoms with Gasteiger partial charge in [-0.05, 0) is 36.2 Å². The van der Waals surface area contributed by atoms with Crippen LogP contribution in [0, 0.1) is 0 Å². The molecule has 0 aliphatic rings. The van der Waals surface area contributed by atoms with Crippen molar-refractivity contribution in [2.24, 2.45) is 0 Å². The summed E-state index contributed by atoms with van der Waals surface area (Å²) in [6.07, 6.45) is 1.00. The number of hydrogen-bond acceptors (Lipinski definition) is 4. The van der Waals surface area contributed by atoms with E-state index >= 15 is 0 Å². The molecule has 1 aromatic heterocycles.